The number of rotatable bonds is 4. The fraction of sp³-hybridized carbons (Fsp3) is 0.571. The quantitative estimate of drug-likeness (QED) is 0.916. The first-order valence-corrected chi connectivity index (χ1v) is 6.41. The van der Waals surface area contributed by atoms with Crippen molar-refractivity contribution in [3.05, 3.63) is 35.9 Å². The lowest BCUT2D eigenvalue weighted by atomic mass is 10.00. The summed E-state index contributed by atoms with van der Waals surface area (Å²) in [5.41, 5.74) is 1.48. The zero-order valence-electron chi connectivity index (χ0n) is 11.0. The summed E-state index contributed by atoms with van der Waals surface area (Å²) in [4.78, 5) is 2.62. The highest BCUT2D eigenvalue weighted by Crippen LogP contribution is 2.25. The van der Waals surface area contributed by atoms with E-state index in [4.69, 9.17) is 0 Å². The van der Waals surface area contributed by atoms with Crippen molar-refractivity contribution in [3.8, 4) is 0 Å². The van der Waals surface area contributed by atoms with Crippen molar-refractivity contribution < 1.29 is 0 Å². The van der Waals surface area contributed by atoms with E-state index in [1.165, 1.54) is 31.5 Å². The third kappa shape index (κ3) is 4.77. The first-order valence-electron chi connectivity index (χ1n) is 6.41. The van der Waals surface area contributed by atoms with Crippen LogP contribution < -0.4 is 5.32 Å². The highest BCUT2D eigenvalue weighted by molar-refractivity contribution is 5.85. The van der Waals surface area contributed by atoms with Gasteiger partial charge in [-0.3, -0.25) is 4.90 Å². The lowest BCUT2D eigenvalue weighted by Crippen LogP contribution is -2.45. The van der Waals surface area contributed by atoms with E-state index in [2.05, 4.69) is 47.5 Å². The van der Waals surface area contributed by atoms with Gasteiger partial charge in [0.25, 0.3) is 0 Å². The molecule has 1 aliphatic rings. The molecule has 0 spiro atoms. The van der Waals surface area contributed by atoms with Crippen LogP contribution in [0.3, 0.4) is 0 Å². The highest BCUT2D eigenvalue weighted by Gasteiger charge is 2.20. The summed E-state index contributed by atoms with van der Waals surface area (Å²) in [6, 6.07) is 11.6. The van der Waals surface area contributed by atoms with E-state index in [9.17, 15) is 0 Å². The zero-order valence-corrected chi connectivity index (χ0v) is 12.6. The number of hydrogen-bond acceptors (Lipinski definition) is 2. The van der Waals surface area contributed by atoms with Gasteiger partial charge in [0.2, 0.25) is 0 Å². The summed E-state index contributed by atoms with van der Waals surface area (Å²) in [5.74, 6) is 0. The monoisotopic (exact) mass is 290 g/mol. The Kier molecular flexibility index (Phi) is 9.47. The Morgan fingerprint density at radius 2 is 1.72 bits per heavy atom. The maximum absolute atomic E-state index is 3.42. The molecule has 1 fully saturated rings. The fourth-order valence-electron chi connectivity index (χ4n) is 2.50. The molecule has 4 heteroatoms. The smallest absolute Gasteiger partial charge is 0.0349 e. The van der Waals surface area contributed by atoms with Crippen molar-refractivity contribution >= 4 is 24.8 Å². The lowest BCUT2D eigenvalue weighted by Gasteiger charge is -2.35. The van der Waals surface area contributed by atoms with E-state index in [1.807, 2.05) is 0 Å². The summed E-state index contributed by atoms with van der Waals surface area (Å²) in [5, 5.41) is 3.42. The largest absolute Gasteiger partial charge is 0.314 e. The van der Waals surface area contributed by atoms with Crippen molar-refractivity contribution in [2.75, 3.05) is 26.2 Å². The topological polar surface area (TPSA) is 15.3 Å². The molecule has 0 unspecified atom stereocenters. The SMILES string of the molecule is CCC[C@@H](c1ccccc1)N1CCNCC1.Cl.Cl. The molecule has 2 rings (SSSR count). The van der Waals surface area contributed by atoms with Crippen molar-refractivity contribution in [3.63, 3.8) is 0 Å². The van der Waals surface area contributed by atoms with E-state index in [1.54, 1.807) is 0 Å². The van der Waals surface area contributed by atoms with Crippen molar-refractivity contribution in [1.82, 2.24) is 10.2 Å². The Labute approximate surface area is 123 Å². The van der Waals surface area contributed by atoms with Gasteiger partial charge in [-0.25, -0.2) is 0 Å². The molecule has 1 atom stereocenters. The van der Waals surface area contributed by atoms with E-state index >= 15 is 0 Å². The van der Waals surface area contributed by atoms with Gasteiger partial charge in [0.15, 0.2) is 0 Å². The molecule has 1 heterocycles. The molecule has 0 radical (unpaired) electrons. The molecule has 0 aromatic heterocycles. The second-order valence-electron chi connectivity index (χ2n) is 4.50. The van der Waals surface area contributed by atoms with Gasteiger partial charge >= 0.3 is 0 Å². The lowest BCUT2D eigenvalue weighted by molar-refractivity contribution is 0.164. The van der Waals surface area contributed by atoms with Gasteiger partial charge in [0, 0.05) is 32.2 Å². The van der Waals surface area contributed by atoms with Gasteiger partial charge in [-0.1, -0.05) is 43.7 Å². The third-order valence-corrected chi connectivity index (χ3v) is 3.34. The van der Waals surface area contributed by atoms with Gasteiger partial charge in [-0.15, -0.1) is 24.8 Å². The summed E-state index contributed by atoms with van der Waals surface area (Å²) >= 11 is 0. The molecule has 104 valence electrons. The molecule has 2 nitrogen and oxygen atoms in total. The van der Waals surface area contributed by atoms with Gasteiger partial charge < -0.3 is 5.32 Å². The Hall–Kier alpha value is -0.280. The van der Waals surface area contributed by atoms with Gasteiger partial charge in [-0.2, -0.15) is 0 Å². The molecule has 0 saturated carbocycles. The number of nitrogens with zero attached hydrogens (tertiary/aromatic N) is 1. The van der Waals surface area contributed by atoms with Crippen LogP contribution in [-0.4, -0.2) is 31.1 Å². The molecule has 0 aliphatic carbocycles. The van der Waals surface area contributed by atoms with Crippen LogP contribution in [0, 0.1) is 0 Å². The van der Waals surface area contributed by atoms with Crippen LogP contribution in [-0.2, 0) is 0 Å². The third-order valence-electron chi connectivity index (χ3n) is 3.34. The normalized spacial score (nSPS) is 17.4. The Bertz CT molecular complexity index is 300. The van der Waals surface area contributed by atoms with E-state index < -0.39 is 0 Å². The highest BCUT2D eigenvalue weighted by atomic mass is 35.5. The number of nitrogens with one attached hydrogen (secondary N) is 1. The molecule has 1 saturated heterocycles. The predicted octanol–water partition coefficient (Wildman–Crippen LogP) is 3.28. The van der Waals surface area contributed by atoms with Crippen LogP contribution in [0.1, 0.15) is 31.4 Å². The van der Waals surface area contributed by atoms with E-state index in [-0.39, 0.29) is 24.8 Å². The zero-order chi connectivity index (χ0) is 11.2. The fourth-order valence-corrected chi connectivity index (χ4v) is 2.50. The summed E-state index contributed by atoms with van der Waals surface area (Å²) in [6.07, 6.45) is 2.52. The maximum atomic E-state index is 3.42. The Balaban J connectivity index is 0.00000144. The minimum absolute atomic E-state index is 0. The van der Waals surface area contributed by atoms with E-state index in [0.717, 1.165) is 13.1 Å². The molecule has 1 aromatic carbocycles. The average Bonchev–Trinajstić information content (AvgIpc) is 2.38. The first kappa shape index (κ1) is 17.7. The molecular weight excluding hydrogens is 267 g/mol. The number of piperazine rings is 1. The van der Waals surface area contributed by atoms with Crippen LogP contribution in [0.25, 0.3) is 0 Å². The average molecular weight is 291 g/mol. The maximum Gasteiger partial charge on any atom is 0.0349 e. The first-order chi connectivity index (χ1) is 7.92. The van der Waals surface area contributed by atoms with E-state index in [0.29, 0.717) is 6.04 Å². The summed E-state index contributed by atoms with van der Waals surface area (Å²) < 4.78 is 0. The van der Waals surface area contributed by atoms with Crippen LogP contribution in [0.15, 0.2) is 30.3 Å². The number of benzene rings is 1. The Morgan fingerprint density at radius 3 is 2.28 bits per heavy atom. The second kappa shape index (κ2) is 9.62. The van der Waals surface area contributed by atoms with Crippen molar-refractivity contribution in [1.29, 1.82) is 0 Å². The molecular formula is C14H24Cl2N2. The molecule has 18 heavy (non-hydrogen) atoms. The van der Waals surface area contributed by atoms with Crippen LogP contribution >= 0.6 is 24.8 Å². The van der Waals surface area contributed by atoms with Gasteiger partial charge in [-0.05, 0) is 12.0 Å². The Morgan fingerprint density at radius 1 is 1.11 bits per heavy atom. The molecule has 1 N–H and O–H groups in total. The number of halogens is 2. The van der Waals surface area contributed by atoms with Crippen molar-refractivity contribution in [2.24, 2.45) is 0 Å². The minimum Gasteiger partial charge on any atom is -0.314 e. The standard InChI is InChI=1S/C14H22N2.2ClH/c1-2-6-14(13-7-4-3-5-8-13)16-11-9-15-10-12-16;;/h3-5,7-8,14-15H,2,6,9-12H2,1H3;2*1H/t14-;;/m0../s1. The van der Waals surface area contributed by atoms with Crippen LogP contribution in [0.2, 0.25) is 0 Å². The molecule has 0 amide bonds. The second-order valence-corrected chi connectivity index (χ2v) is 4.50. The molecule has 1 aliphatic heterocycles. The van der Waals surface area contributed by atoms with Crippen LogP contribution in [0.5, 0.6) is 0 Å². The summed E-state index contributed by atoms with van der Waals surface area (Å²) in [7, 11) is 0. The summed E-state index contributed by atoms with van der Waals surface area (Å²) in [6.45, 7) is 6.90. The van der Waals surface area contributed by atoms with Gasteiger partial charge in [0.1, 0.15) is 0 Å². The molecule has 1 aromatic rings. The number of hydrogen-bond donors (Lipinski definition) is 1. The van der Waals surface area contributed by atoms with Crippen molar-refractivity contribution in [2.45, 2.75) is 25.8 Å². The van der Waals surface area contributed by atoms with Crippen LogP contribution in [0.4, 0.5) is 0 Å². The van der Waals surface area contributed by atoms with Gasteiger partial charge in [0.05, 0.1) is 0 Å². The molecule has 0 bridgehead atoms. The minimum atomic E-state index is 0. The predicted molar refractivity (Wildman–Crippen MR) is 83.0 cm³/mol.